The Labute approximate surface area is 192 Å². The second-order valence-electron chi connectivity index (χ2n) is 7.21. The summed E-state index contributed by atoms with van der Waals surface area (Å²) < 4.78 is 18.7. The third-order valence-electron chi connectivity index (χ3n) is 5.28. The van der Waals surface area contributed by atoms with Gasteiger partial charge < -0.3 is 9.84 Å². The third-order valence-corrected chi connectivity index (χ3v) is 6.65. The maximum absolute atomic E-state index is 13.6. The quantitative estimate of drug-likeness (QED) is 0.321. The number of carbonyl (C=O) groups is 2. The third kappa shape index (κ3) is 3.65. The summed E-state index contributed by atoms with van der Waals surface area (Å²) in [5, 5.41) is 11.7. The van der Waals surface area contributed by atoms with Gasteiger partial charge in [-0.2, -0.15) is 0 Å². The van der Waals surface area contributed by atoms with Crippen LogP contribution in [0.15, 0.2) is 48.0 Å². The van der Waals surface area contributed by atoms with Crippen LogP contribution in [-0.4, -0.2) is 28.9 Å². The van der Waals surface area contributed by atoms with Gasteiger partial charge in [0, 0.05) is 10.4 Å². The molecule has 9 heteroatoms. The number of halogens is 2. The molecule has 4 rings (SSSR count). The first-order valence-corrected chi connectivity index (χ1v) is 10.8. The molecule has 0 aliphatic carbocycles. The molecule has 6 nitrogen and oxygen atoms in total. The highest BCUT2D eigenvalue weighted by Gasteiger charge is 2.48. The van der Waals surface area contributed by atoms with Gasteiger partial charge in [0.2, 0.25) is 0 Å². The first-order valence-electron chi connectivity index (χ1n) is 9.57. The van der Waals surface area contributed by atoms with Crippen molar-refractivity contribution in [3.8, 4) is 5.75 Å². The van der Waals surface area contributed by atoms with Crippen LogP contribution in [0.25, 0.3) is 5.76 Å². The molecule has 3 aromatic rings. The molecular weight excluding hydrogens is 455 g/mol. The van der Waals surface area contributed by atoms with Crippen LogP contribution in [0, 0.1) is 19.7 Å². The monoisotopic (exact) mass is 472 g/mol. The molecule has 1 aliphatic heterocycles. The summed E-state index contributed by atoms with van der Waals surface area (Å²) in [6.45, 7) is 3.66. The number of aliphatic hydroxyl groups excluding tert-OH is 1. The highest BCUT2D eigenvalue weighted by atomic mass is 35.5. The molecule has 0 bridgehead atoms. The molecule has 2 heterocycles. The van der Waals surface area contributed by atoms with Crippen LogP contribution in [0.2, 0.25) is 5.02 Å². The number of aromatic nitrogens is 1. The van der Waals surface area contributed by atoms with Crippen molar-refractivity contribution >= 4 is 45.5 Å². The minimum atomic E-state index is -0.985. The van der Waals surface area contributed by atoms with E-state index in [-0.39, 0.29) is 16.2 Å². The van der Waals surface area contributed by atoms with Crippen molar-refractivity contribution < 1.29 is 23.8 Å². The topological polar surface area (TPSA) is 79.7 Å². The Hall–Kier alpha value is -3.23. The zero-order valence-electron chi connectivity index (χ0n) is 17.3. The Balaban J connectivity index is 1.94. The molecule has 0 unspecified atom stereocenters. The first-order chi connectivity index (χ1) is 15.2. The number of aryl methyl sites for hydroxylation is 2. The standard InChI is InChI=1S/C23H18ClFN2O4S/c1-11-12(2)32-23(26-11)27-19(13-4-7-15(25)8-5-13)18(21(29)22(27)30)20(28)14-6-9-17(31-3)16(24)10-14/h4-10,19,28H,1-3H3/b20-18+/t19-/m0/s1. The van der Waals surface area contributed by atoms with Crippen LogP contribution in [0.4, 0.5) is 9.52 Å². The van der Waals surface area contributed by atoms with E-state index in [4.69, 9.17) is 16.3 Å². The number of amides is 1. The van der Waals surface area contributed by atoms with Gasteiger partial charge in [0.15, 0.2) is 5.13 Å². The smallest absolute Gasteiger partial charge is 0.301 e. The summed E-state index contributed by atoms with van der Waals surface area (Å²) in [5.41, 5.74) is 1.30. The fourth-order valence-corrected chi connectivity index (χ4v) is 4.71. The number of ketones is 1. The number of methoxy groups -OCH3 is 1. The van der Waals surface area contributed by atoms with Gasteiger partial charge in [-0.05, 0) is 49.7 Å². The molecule has 1 saturated heterocycles. The molecule has 164 valence electrons. The van der Waals surface area contributed by atoms with Crippen molar-refractivity contribution in [3.05, 3.63) is 80.6 Å². The number of hydrogen-bond donors (Lipinski definition) is 1. The van der Waals surface area contributed by atoms with Gasteiger partial charge in [0.25, 0.3) is 5.78 Å². The van der Waals surface area contributed by atoms with Gasteiger partial charge in [-0.25, -0.2) is 9.37 Å². The Morgan fingerprint density at radius 2 is 1.88 bits per heavy atom. The first kappa shape index (κ1) is 22.0. The van der Waals surface area contributed by atoms with Crippen molar-refractivity contribution in [1.29, 1.82) is 0 Å². The average Bonchev–Trinajstić information content (AvgIpc) is 3.23. The normalized spacial score (nSPS) is 17.8. The molecule has 2 aromatic carbocycles. The number of Topliss-reactive ketones (excluding diaryl/α,β-unsaturated/α-hetero) is 1. The highest BCUT2D eigenvalue weighted by Crippen LogP contribution is 2.44. The molecule has 1 fully saturated rings. The van der Waals surface area contributed by atoms with Gasteiger partial charge in [-0.1, -0.05) is 23.7 Å². The second-order valence-corrected chi connectivity index (χ2v) is 8.80. The maximum Gasteiger partial charge on any atom is 0.301 e. The summed E-state index contributed by atoms with van der Waals surface area (Å²) in [6.07, 6.45) is 0. The van der Waals surface area contributed by atoms with E-state index in [9.17, 15) is 19.1 Å². The number of aliphatic hydroxyl groups is 1. The van der Waals surface area contributed by atoms with Crippen LogP contribution in [0.1, 0.15) is 27.7 Å². The molecule has 1 aromatic heterocycles. The van der Waals surface area contributed by atoms with E-state index < -0.39 is 29.3 Å². The Morgan fingerprint density at radius 3 is 2.44 bits per heavy atom. The van der Waals surface area contributed by atoms with Crippen LogP contribution in [-0.2, 0) is 9.59 Å². The Morgan fingerprint density at radius 1 is 1.19 bits per heavy atom. The largest absolute Gasteiger partial charge is 0.507 e. The van der Waals surface area contributed by atoms with Gasteiger partial charge in [0.05, 0.1) is 29.4 Å². The summed E-state index contributed by atoms with van der Waals surface area (Å²) in [6, 6.07) is 8.96. The minimum Gasteiger partial charge on any atom is -0.507 e. The second kappa shape index (κ2) is 8.37. The number of rotatable bonds is 4. The number of anilines is 1. The van der Waals surface area contributed by atoms with Crippen LogP contribution in [0.3, 0.4) is 0 Å². The number of benzene rings is 2. The van der Waals surface area contributed by atoms with Gasteiger partial charge in [-0.3, -0.25) is 14.5 Å². The molecule has 32 heavy (non-hydrogen) atoms. The number of hydrogen-bond acceptors (Lipinski definition) is 6. The van der Waals surface area contributed by atoms with E-state index in [1.54, 1.807) is 13.0 Å². The van der Waals surface area contributed by atoms with E-state index in [2.05, 4.69) is 4.98 Å². The molecule has 0 spiro atoms. The van der Waals surface area contributed by atoms with Crippen molar-refractivity contribution in [3.63, 3.8) is 0 Å². The number of nitrogens with zero attached hydrogens (tertiary/aromatic N) is 2. The van der Waals surface area contributed by atoms with E-state index in [1.807, 2.05) is 6.92 Å². The lowest BCUT2D eigenvalue weighted by molar-refractivity contribution is -0.132. The lowest BCUT2D eigenvalue weighted by Crippen LogP contribution is -2.29. The molecule has 1 atom stereocenters. The summed E-state index contributed by atoms with van der Waals surface area (Å²) in [7, 11) is 1.46. The summed E-state index contributed by atoms with van der Waals surface area (Å²) in [4.78, 5) is 32.7. The zero-order chi connectivity index (χ0) is 23.2. The van der Waals surface area contributed by atoms with Crippen molar-refractivity contribution in [1.82, 2.24) is 4.98 Å². The molecular formula is C23H18ClFN2O4S. The van der Waals surface area contributed by atoms with E-state index in [1.165, 1.54) is 59.7 Å². The van der Waals surface area contributed by atoms with Crippen LogP contribution >= 0.6 is 22.9 Å². The minimum absolute atomic E-state index is 0.131. The SMILES string of the molecule is COc1ccc(/C(O)=C2\C(=O)C(=O)N(c3nc(C)c(C)s3)[C@H]2c2ccc(F)cc2)cc1Cl. The summed E-state index contributed by atoms with van der Waals surface area (Å²) >= 11 is 7.45. The lowest BCUT2D eigenvalue weighted by Gasteiger charge is -2.23. The highest BCUT2D eigenvalue weighted by molar-refractivity contribution is 7.16. The maximum atomic E-state index is 13.6. The molecule has 0 saturated carbocycles. The Bertz CT molecular complexity index is 1250. The van der Waals surface area contributed by atoms with E-state index in [0.717, 1.165) is 10.6 Å². The average molecular weight is 473 g/mol. The molecule has 1 aliphatic rings. The fourth-order valence-electron chi connectivity index (χ4n) is 3.52. The van der Waals surface area contributed by atoms with Gasteiger partial charge in [0.1, 0.15) is 17.3 Å². The predicted molar refractivity (Wildman–Crippen MR) is 121 cm³/mol. The van der Waals surface area contributed by atoms with Crippen LogP contribution in [0.5, 0.6) is 5.75 Å². The number of carbonyl (C=O) groups excluding carboxylic acids is 2. The Kier molecular flexibility index (Phi) is 5.75. The lowest BCUT2D eigenvalue weighted by atomic mass is 9.95. The van der Waals surface area contributed by atoms with Crippen molar-refractivity contribution in [2.24, 2.45) is 0 Å². The van der Waals surface area contributed by atoms with Gasteiger partial charge in [-0.15, -0.1) is 11.3 Å². The van der Waals surface area contributed by atoms with Crippen molar-refractivity contribution in [2.75, 3.05) is 12.0 Å². The number of thiazole rings is 1. The van der Waals surface area contributed by atoms with E-state index >= 15 is 0 Å². The molecule has 0 radical (unpaired) electrons. The fraction of sp³-hybridized carbons (Fsp3) is 0.174. The zero-order valence-corrected chi connectivity index (χ0v) is 18.9. The van der Waals surface area contributed by atoms with Gasteiger partial charge >= 0.3 is 5.91 Å². The molecule has 1 N–H and O–H groups in total. The summed E-state index contributed by atoms with van der Waals surface area (Å²) in [5.74, 6) is -2.15. The molecule has 1 amide bonds. The predicted octanol–water partition coefficient (Wildman–Crippen LogP) is 5.19. The van der Waals surface area contributed by atoms with Crippen molar-refractivity contribution in [2.45, 2.75) is 19.9 Å². The number of ether oxygens (including phenoxy) is 1. The van der Waals surface area contributed by atoms with Crippen LogP contribution < -0.4 is 9.64 Å². The van der Waals surface area contributed by atoms with E-state index in [0.29, 0.717) is 16.4 Å².